The summed E-state index contributed by atoms with van der Waals surface area (Å²) in [5.74, 6) is -0.0375. The van der Waals surface area contributed by atoms with E-state index in [9.17, 15) is 4.79 Å². The Balaban J connectivity index is 2.63. The number of pyridine rings is 1. The van der Waals surface area contributed by atoms with Gasteiger partial charge in [0.15, 0.2) is 0 Å². The Labute approximate surface area is 118 Å². The molecule has 1 N–H and O–H groups in total. The first-order valence-electron chi connectivity index (χ1n) is 6.60. The summed E-state index contributed by atoms with van der Waals surface area (Å²) in [6.07, 6.45) is 7.15. The minimum Gasteiger partial charge on any atom is -0.349 e. The summed E-state index contributed by atoms with van der Waals surface area (Å²) in [6, 6.07) is 3.84. The summed E-state index contributed by atoms with van der Waals surface area (Å²) in [7, 11) is 0. The van der Waals surface area contributed by atoms with Crippen LogP contribution in [0.3, 0.4) is 0 Å². The molecule has 1 amide bonds. The number of halogens is 1. The molecule has 1 heterocycles. The van der Waals surface area contributed by atoms with Crippen molar-refractivity contribution in [1.29, 1.82) is 0 Å². The van der Waals surface area contributed by atoms with Crippen LogP contribution < -0.4 is 5.32 Å². The number of aromatic nitrogens is 1. The van der Waals surface area contributed by atoms with Gasteiger partial charge in [-0.1, -0.05) is 33.1 Å². The average Bonchev–Trinajstić information content (AvgIpc) is 2.36. The smallest absolute Gasteiger partial charge is 0.254 e. The van der Waals surface area contributed by atoms with Crippen LogP contribution in [0, 0.1) is 0 Å². The summed E-state index contributed by atoms with van der Waals surface area (Å²) in [4.78, 5) is 16.2. The highest BCUT2D eigenvalue weighted by molar-refractivity contribution is 9.10. The molecule has 1 aromatic heterocycles. The second kappa shape index (κ2) is 8.25. The van der Waals surface area contributed by atoms with Gasteiger partial charge in [0.05, 0.1) is 5.56 Å². The topological polar surface area (TPSA) is 42.0 Å². The van der Waals surface area contributed by atoms with Crippen molar-refractivity contribution < 1.29 is 4.79 Å². The molecule has 18 heavy (non-hydrogen) atoms. The first kappa shape index (κ1) is 15.2. The van der Waals surface area contributed by atoms with Gasteiger partial charge < -0.3 is 5.32 Å². The Morgan fingerprint density at radius 1 is 1.39 bits per heavy atom. The molecule has 0 radical (unpaired) electrons. The van der Waals surface area contributed by atoms with E-state index < -0.39 is 0 Å². The van der Waals surface area contributed by atoms with Crippen LogP contribution in [0.1, 0.15) is 56.3 Å². The molecule has 0 spiro atoms. The van der Waals surface area contributed by atoms with Crippen molar-refractivity contribution >= 4 is 21.8 Å². The Morgan fingerprint density at radius 2 is 2.17 bits per heavy atom. The predicted molar refractivity (Wildman–Crippen MR) is 77.6 cm³/mol. The zero-order valence-corrected chi connectivity index (χ0v) is 12.7. The molecule has 0 aliphatic heterocycles. The van der Waals surface area contributed by atoms with Crippen LogP contribution in [0.2, 0.25) is 0 Å². The lowest BCUT2D eigenvalue weighted by molar-refractivity contribution is 0.0931. The molecule has 3 nitrogen and oxygen atoms in total. The number of hydrogen-bond donors (Lipinski definition) is 1. The van der Waals surface area contributed by atoms with Crippen molar-refractivity contribution in [2.75, 3.05) is 0 Å². The van der Waals surface area contributed by atoms with Crippen LogP contribution in [0.25, 0.3) is 0 Å². The van der Waals surface area contributed by atoms with E-state index in [1.54, 1.807) is 18.3 Å². The highest BCUT2D eigenvalue weighted by Crippen LogP contribution is 2.14. The van der Waals surface area contributed by atoms with Crippen LogP contribution in [0.5, 0.6) is 0 Å². The zero-order chi connectivity index (χ0) is 13.4. The van der Waals surface area contributed by atoms with Crippen molar-refractivity contribution in [3.8, 4) is 0 Å². The summed E-state index contributed by atoms with van der Waals surface area (Å²) in [5, 5.41) is 3.10. The fourth-order valence-electron chi connectivity index (χ4n) is 1.91. The maximum Gasteiger partial charge on any atom is 0.254 e. The Hall–Kier alpha value is -0.900. The molecule has 1 atom stereocenters. The van der Waals surface area contributed by atoms with E-state index in [1.165, 1.54) is 0 Å². The van der Waals surface area contributed by atoms with Gasteiger partial charge >= 0.3 is 0 Å². The lowest BCUT2D eigenvalue weighted by atomic mass is 10.0. The van der Waals surface area contributed by atoms with Crippen LogP contribution >= 0.6 is 15.9 Å². The number of unbranched alkanes of at least 4 members (excludes halogenated alkanes) is 1. The maximum absolute atomic E-state index is 12.1. The lowest BCUT2D eigenvalue weighted by Crippen LogP contribution is -2.35. The molecule has 4 heteroatoms. The third-order valence-corrected chi connectivity index (χ3v) is 3.51. The van der Waals surface area contributed by atoms with E-state index in [1.807, 2.05) is 0 Å². The van der Waals surface area contributed by atoms with Gasteiger partial charge in [-0.05, 0) is 40.9 Å². The van der Waals surface area contributed by atoms with E-state index in [4.69, 9.17) is 0 Å². The van der Waals surface area contributed by atoms with Crippen molar-refractivity contribution in [2.24, 2.45) is 0 Å². The monoisotopic (exact) mass is 312 g/mol. The molecule has 0 aromatic carbocycles. The predicted octanol–water partition coefficient (Wildman–Crippen LogP) is 3.93. The van der Waals surface area contributed by atoms with Crippen molar-refractivity contribution in [3.05, 3.63) is 28.5 Å². The number of nitrogens with zero attached hydrogens (tertiary/aromatic N) is 1. The number of amides is 1. The van der Waals surface area contributed by atoms with Gasteiger partial charge in [-0.3, -0.25) is 4.79 Å². The number of rotatable bonds is 7. The van der Waals surface area contributed by atoms with Crippen molar-refractivity contribution in [3.63, 3.8) is 0 Å². The van der Waals surface area contributed by atoms with Crippen LogP contribution in [0.15, 0.2) is 22.9 Å². The quantitative estimate of drug-likeness (QED) is 0.775. The summed E-state index contributed by atoms with van der Waals surface area (Å²) in [5.41, 5.74) is 0.607. The Kier molecular flexibility index (Phi) is 6.94. The normalized spacial score (nSPS) is 12.2. The Morgan fingerprint density at radius 3 is 2.78 bits per heavy atom. The van der Waals surface area contributed by atoms with E-state index in [-0.39, 0.29) is 11.9 Å². The number of nitrogens with one attached hydrogen (secondary N) is 1. The number of carbonyl (C=O) groups is 1. The molecule has 100 valence electrons. The number of hydrogen-bond acceptors (Lipinski definition) is 2. The van der Waals surface area contributed by atoms with Gasteiger partial charge in [0.1, 0.15) is 4.60 Å². The highest BCUT2D eigenvalue weighted by atomic mass is 79.9. The molecule has 0 saturated carbocycles. The third-order valence-electron chi connectivity index (χ3n) is 2.88. The first-order valence-corrected chi connectivity index (χ1v) is 7.39. The molecule has 0 aliphatic rings. The fraction of sp³-hybridized carbons (Fsp3) is 0.571. The van der Waals surface area contributed by atoms with Gasteiger partial charge in [0.2, 0.25) is 0 Å². The van der Waals surface area contributed by atoms with Gasteiger partial charge in [-0.15, -0.1) is 0 Å². The molecule has 0 bridgehead atoms. The van der Waals surface area contributed by atoms with Crippen LogP contribution in [-0.4, -0.2) is 16.9 Å². The second-order valence-corrected chi connectivity index (χ2v) is 5.19. The number of carbonyl (C=O) groups excluding carboxylic acids is 1. The van der Waals surface area contributed by atoms with Crippen LogP contribution in [0.4, 0.5) is 0 Å². The first-order chi connectivity index (χ1) is 8.69. The van der Waals surface area contributed by atoms with Crippen molar-refractivity contribution in [2.45, 2.75) is 52.0 Å². The molecular weight excluding hydrogens is 292 g/mol. The fourth-order valence-corrected chi connectivity index (χ4v) is 2.34. The van der Waals surface area contributed by atoms with Gasteiger partial charge in [0, 0.05) is 12.2 Å². The second-order valence-electron chi connectivity index (χ2n) is 4.44. The SMILES string of the molecule is CCCCC(CCC)NC(=O)c1cccnc1Br. The van der Waals surface area contributed by atoms with E-state index in [0.717, 1.165) is 32.1 Å². The summed E-state index contributed by atoms with van der Waals surface area (Å²) in [6.45, 7) is 4.31. The molecule has 0 fully saturated rings. The minimum absolute atomic E-state index is 0.0375. The molecular formula is C14H21BrN2O. The van der Waals surface area contributed by atoms with Crippen molar-refractivity contribution in [1.82, 2.24) is 10.3 Å². The van der Waals surface area contributed by atoms with Gasteiger partial charge in [-0.25, -0.2) is 4.98 Å². The molecule has 0 saturated heterocycles. The van der Waals surface area contributed by atoms with E-state index in [0.29, 0.717) is 10.2 Å². The zero-order valence-electron chi connectivity index (χ0n) is 11.1. The average molecular weight is 313 g/mol. The largest absolute Gasteiger partial charge is 0.349 e. The van der Waals surface area contributed by atoms with E-state index >= 15 is 0 Å². The van der Waals surface area contributed by atoms with Gasteiger partial charge in [-0.2, -0.15) is 0 Å². The lowest BCUT2D eigenvalue weighted by Gasteiger charge is -2.18. The Bertz CT molecular complexity index is 382. The van der Waals surface area contributed by atoms with Gasteiger partial charge in [0.25, 0.3) is 5.91 Å². The third kappa shape index (κ3) is 4.77. The summed E-state index contributed by atoms with van der Waals surface area (Å²) < 4.78 is 0.605. The minimum atomic E-state index is -0.0375. The summed E-state index contributed by atoms with van der Waals surface area (Å²) >= 11 is 3.31. The van der Waals surface area contributed by atoms with E-state index in [2.05, 4.69) is 40.1 Å². The maximum atomic E-state index is 12.1. The van der Waals surface area contributed by atoms with Crippen LogP contribution in [-0.2, 0) is 0 Å². The molecule has 1 unspecified atom stereocenters. The molecule has 1 aromatic rings. The molecule has 0 aliphatic carbocycles. The highest BCUT2D eigenvalue weighted by Gasteiger charge is 2.15. The molecule has 1 rings (SSSR count). The standard InChI is InChI=1S/C14H21BrN2O/c1-3-5-8-11(7-4-2)17-14(18)12-9-6-10-16-13(12)15/h6,9-11H,3-5,7-8H2,1-2H3,(H,17,18).